The largest absolute Gasteiger partial charge is 0.365 e. The lowest BCUT2D eigenvalue weighted by atomic mass is 9.99. The summed E-state index contributed by atoms with van der Waals surface area (Å²) >= 11 is 3.00. The van der Waals surface area contributed by atoms with Crippen LogP contribution in [0.5, 0.6) is 0 Å². The third-order valence-electron chi connectivity index (χ3n) is 2.97. The summed E-state index contributed by atoms with van der Waals surface area (Å²) in [6.45, 7) is 6.08. The predicted molar refractivity (Wildman–Crippen MR) is 78.9 cm³/mol. The third-order valence-corrected chi connectivity index (χ3v) is 5.40. The smallest absolute Gasteiger partial charge is 0.259 e. The van der Waals surface area contributed by atoms with E-state index in [-0.39, 0.29) is 0 Å². The van der Waals surface area contributed by atoms with Crippen molar-refractivity contribution in [2.24, 2.45) is 5.73 Å². The number of hydrogen-bond donors (Lipinski definition) is 1. The quantitative estimate of drug-likeness (QED) is 0.874. The van der Waals surface area contributed by atoms with Crippen LogP contribution in [0.3, 0.4) is 0 Å². The second kappa shape index (κ2) is 5.38. The summed E-state index contributed by atoms with van der Waals surface area (Å²) in [5, 5.41) is 3.89. The van der Waals surface area contributed by atoms with Crippen LogP contribution in [-0.4, -0.2) is 17.3 Å². The van der Waals surface area contributed by atoms with Crippen molar-refractivity contribution in [1.29, 1.82) is 0 Å². The van der Waals surface area contributed by atoms with Gasteiger partial charge in [0.1, 0.15) is 0 Å². The maximum atomic E-state index is 11.5. The number of amides is 1. The number of thioether (sulfide) groups is 1. The number of nitrogens with two attached hydrogens (primary N) is 1. The Balaban J connectivity index is 2.67. The molecular formula is C13H16N2O2S2. The number of aromatic nitrogens is 1. The number of carbonyl (C=O) groups is 1. The lowest BCUT2D eigenvalue weighted by Gasteiger charge is -2.05. The maximum Gasteiger partial charge on any atom is 0.259 e. The molecule has 2 aromatic rings. The number of hydrogen-bond acceptors (Lipinski definition) is 5. The van der Waals surface area contributed by atoms with Crippen molar-refractivity contribution >= 4 is 29.0 Å². The molecule has 6 heteroatoms. The average Bonchev–Trinajstić information content (AvgIpc) is 2.92. The summed E-state index contributed by atoms with van der Waals surface area (Å²) in [4.78, 5) is 12.1. The van der Waals surface area contributed by atoms with Gasteiger partial charge in [-0.25, -0.2) is 0 Å². The molecule has 19 heavy (non-hydrogen) atoms. The van der Waals surface area contributed by atoms with Crippen molar-refractivity contribution in [1.82, 2.24) is 5.16 Å². The van der Waals surface area contributed by atoms with E-state index in [1.807, 2.05) is 13.2 Å². The molecule has 0 bridgehead atoms. The number of carbonyl (C=O) groups excluding carboxylic acids is 1. The third kappa shape index (κ3) is 2.42. The summed E-state index contributed by atoms with van der Waals surface area (Å²) in [7, 11) is 0. The SMILES string of the molecule is CSc1sc(C(N)=O)c(C)c1-c1oncc1C(C)C. The fraction of sp³-hybridized carbons (Fsp3) is 0.385. The van der Waals surface area contributed by atoms with Crippen LogP contribution in [0.4, 0.5) is 0 Å². The van der Waals surface area contributed by atoms with Gasteiger partial charge in [-0.1, -0.05) is 19.0 Å². The normalized spacial score (nSPS) is 11.2. The van der Waals surface area contributed by atoms with E-state index in [2.05, 4.69) is 19.0 Å². The van der Waals surface area contributed by atoms with E-state index in [1.165, 1.54) is 11.3 Å². The number of nitrogens with zero attached hydrogens (tertiary/aromatic N) is 1. The molecule has 4 nitrogen and oxygen atoms in total. The monoisotopic (exact) mass is 296 g/mol. The van der Waals surface area contributed by atoms with E-state index in [0.29, 0.717) is 10.8 Å². The second-order valence-electron chi connectivity index (χ2n) is 4.55. The zero-order valence-electron chi connectivity index (χ0n) is 11.3. The molecule has 0 spiro atoms. The Hall–Kier alpha value is -1.27. The van der Waals surface area contributed by atoms with Crippen LogP contribution in [0.15, 0.2) is 14.9 Å². The van der Waals surface area contributed by atoms with Crippen LogP contribution in [0, 0.1) is 6.92 Å². The maximum absolute atomic E-state index is 11.5. The van der Waals surface area contributed by atoms with Gasteiger partial charge in [0, 0.05) is 11.1 Å². The average molecular weight is 296 g/mol. The van der Waals surface area contributed by atoms with Crippen molar-refractivity contribution in [3.8, 4) is 11.3 Å². The van der Waals surface area contributed by atoms with Gasteiger partial charge in [-0.05, 0) is 24.7 Å². The molecule has 1 amide bonds. The van der Waals surface area contributed by atoms with Crippen molar-refractivity contribution in [2.45, 2.75) is 30.9 Å². The minimum atomic E-state index is -0.394. The molecule has 2 heterocycles. The summed E-state index contributed by atoms with van der Waals surface area (Å²) in [6, 6.07) is 0. The predicted octanol–water partition coefficient (Wildman–Crippen LogP) is 3.66. The summed E-state index contributed by atoms with van der Waals surface area (Å²) in [6.07, 6.45) is 3.72. The summed E-state index contributed by atoms with van der Waals surface area (Å²) in [5.74, 6) is 0.669. The van der Waals surface area contributed by atoms with Crippen LogP contribution in [-0.2, 0) is 0 Å². The molecule has 0 fully saturated rings. The zero-order valence-corrected chi connectivity index (χ0v) is 12.9. The van der Waals surface area contributed by atoms with E-state index in [4.69, 9.17) is 10.3 Å². The molecule has 0 atom stereocenters. The first kappa shape index (κ1) is 14.1. The van der Waals surface area contributed by atoms with Gasteiger partial charge in [-0.2, -0.15) is 0 Å². The van der Waals surface area contributed by atoms with E-state index in [1.54, 1.807) is 18.0 Å². The van der Waals surface area contributed by atoms with Crippen LogP contribution in [0.1, 0.15) is 40.6 Å². The molecular weight excluding hydrogens is 280 g/mol. The number of thiophene rings is 1. The fourth-order valence-electron chi connectivity index (χ4n) is 1.98. The molecule has 102 valence electrons. The minimum absolute atomic E-state index is 0.312. The van der Waals surface area contributed by atoms with Crippen LogP contribution in [0.2, 0.25) is 0 Å². The Morgan fingerprint density at radius 2 is 2.21 bits per heavy atom. The van der Waals surface area contributed by atoms with Gasteiger partial charge >= 0.3 is 0 Å². The highest BCUT2D eigenvalue weighted by Crippen LogP contribution is 2.43. The highest BCUT2D eigenvalue weighted by Gasteiger charge is 2.24. The highest BCUT2D eigenvalue weighted by molar-refractivity contribution is 8.00. The Kier molecular flexibility index (Phi) is 4.01. The topological polar surface area (TPSA) is 69.1 Å². The van der Waals surface area contributed by atoms with Gasteiger partial charge in [-0.3, -0.25) is 4.79 Å². The highest BCUT2D eigenvalue weighted by atomic mass is 32.2. The summed E-state index contributed by atoms with van der Waals surface area (Å²) in [5.41, 5.74) is 8.29. The lowest BCUT2D eigenvalue weighted by molar-refractivity contribution is 0.100. The van der Waals surface area contributed by atoms with E-state index < -0.39 is 5.91 Å². The number of rotatable bonds is 4. The molecule has 0 radical (unpaired) electrons. The Bertz CT molecular complexity index is 614. The molecule has 0 aromatic carbocycles. The van der Waals surface area contributed by atoms with E-state index >= 15 is 0 Å². The lowest BCUT2D eigenvalue weighted by Crippen LogP contribution is -2.10. The molecule has 0 aliphatic rings. The van der Waals surface area contributed by atoms with Gasteiger partial charge in [0.15, 0.2) is 5.76 Å². The Morgan fingerprint density at radius 3 is 2.74 bits per heavy atom. The number of primary amides is 1. The van der Waals surface area contributed by atoms with Crippen molar-refractivity contribution in [3.05, 3.63) is 22.2 Å². The Labute approximate surface area is 120 Å². The molecule has 0 unspecified atom stereocenters. The van der Waals surface area contributed by atoms with Gasteiger partial charge in [0.05, 0.1) is 15.3 Å². The van der Waals surface area contributed by atoms with Crippen molar-refractivity contribution in [2.75, 3.05) is 6.26 Å². The molecule has 0 saturated heterocycles. The van der Waals surface area contributed by atoms with Gasteiger partial charge in [0.25, 0.3) is 5.91 Å². The van der Waals surface area contributed by atoms with Crippen molar-refractivity contribution < 1.29 is 9.32 Å². The van der Waals surface area contributed by atoms with Crippen LogP contribution >= 0.6 is 23.1 Å². The van der Waals surface area contributed by atoms with Crippen LogP contribution in [0.25, 0.3) is 11.3 Å². The minimum Gasteiger partial charge on any atom is -0.365 e. The molecule has 0 aliphatic heterocycles. The Morgan fingerprint density at radius 1 is 1.53 bits per heavy atom. The molecule has 2 rings (SSSR count). The fourth-order valence-corrected chi connectivity index (χ4v) is 3.90. The van der Waals surface area contributed by atoms with E-state index in [9.17, 15) is 4.79 Å². The standard InChI is InChI=1S/C13H16N2O2S2/c1-6(2)8-5-15-17-10(8)9-7(3)11(12(14)16)19-13(9)18-4/h5-6H,1-4H3,(H2,14,16). The van der Waals surface area contributed by atoms with Crippen molar-refractivity contribution in [3.63, 3.8) is 0 Å². The first-order valence-electron chi connectivity index (χ1n) is 5.89. The van der Waals surface area contributed by atoms with Gasteiger partial charge in [0.2, 0.25) is 0 Å². The first-order valence-corrected chi connectivity index (χ1v) is 7.93. The summed E-state index contributed by atoms with van der Waals surface area (Å²) < 4.78 is 6.45. The first-order chi connectivity index (χ1) is 8.97. The molecule has 0 aliphatic carbocycles. The van der Waals surface area contributed by atoms with Gasteiger partial charge in [-0.15, -0.1) is 23.1 Å². The van der Waals surface area contributed by atoms with Gasteiger partial charge < -0.3 is 10.3 Å². The molecule has 2 aromatic heterocycles. The van der Waals surface area contributed by atoms with E-state index in [0.717, 1.165) is 26.7 Å². The van der Waals surface area contributed by atoms with Crippen LogP contribution < -0.4 is 5.73 Å². The molecule has 0 saturated carbocycles. The molecule has 2 N–H and O–H groups in total. The zero-order chi connectivity index (χ0) is 14.2. The second-order valence-corrected chi connectivity index (χ2v) is 6.65.